The fourth-order valence-corrected chi connectivity index (χ4v) is 2.91. The highest BCUT2D eigenvalue weighted by Crippen LogP contribution is 2.43. The smallest absolute Gasteiger partial charge is 0.390 e. The minimum Gasteiger partial charge on any atom is -0.390 e. The van der Waals surface area contributed by atoms with Crippen molar-refractivity contribution >= 4 is 0 Å². The van der Waals surface area contributed by atoms with Crippen LogP contribution in [-0.2, 0) is 19.0 Å². The molecule has 0 amide bonds. The number of hydrogen-bond acceptors (Lipinski definition) is 2. The van der Waals surface area contributed by atoms with Crippen molar-refractivity contribution in [2.45, 2.75) is 19.0 Å². The fraction of sp³-hybridized carbons (Fsp3) is 0.150. The van der Waals surface area contributed by atoms with Crippen LogP contribution in [0, 0.1) is 0 Å². The summed E-state index contributed by atoms with van der Waals surface area (Å²) in [5.74, 6) is 0. The standard InChI is InChI=1S/C20H13F6NO/c21-19(22,23)16-7-3-1-5-13(16)14-10-9-12(11-28)27-18(14)15-6-2-4-8-17(15)20(24,25)26/h1-10,28H,11H2. The Morgan fingerprint density at radius 2 is 1.14 bits per heavy atom. The Morgan fingerprint density at radius 3 is 1.68 bits per heavy atom. The summed E-state index contributed by atoms with van der Waals surface area (Å²) >= 11 is 0. The number of aliphatic hydroxyl groups excluding tert-OH is 1. The maximum Gasteiger partial charge on any atom is 0.417 e. The number of aliphatic hydroxyl groups is 1. The number of nitrogens with zero attached hydrogens (tertiary/aromatic N) is 1. The van der Waals surface area contributed by atoms with Gasteiger partial charge in [-0.15, -0.1) is 0 Å². The van der Waals surface area contributed by atoms with Gasteiger partial charge in [0.15, 0.2) is 0 Å². The van der Waals surface area contributed by atoms with E-state index in [4.69, 9.17) is 0 Å². The summed E-state index contributed by atoms with van der Waals surface area (Å²) in [7, 11) is 0. The minimum absolute atomic E-state index is 0.0419. The maximum atomic E-state index is 13.5. The molecule has 0 radical (unpaired) electrons. The predicted octanol–water partition coefficient (Wildman–Crippen LogP) is 5.95. The van der Waals surface area contributed by atoms with Gasteiger partial charge in [0.1, 0.15) is 0 Å². The van der Waals surface area contributed by atoms with Gasteiger partial charge in [0.05, 0.1) is 29.1 Å². The average molecular weight is 397 g/mol. The number of benzene rings is 2. The van der Waals surface area contributed by atoms with E-state index in [1.807, 2.05) is 0 Å². The highest BCUT2D eigenvalue weighted by molar-refractivity contribution is 5.84. The second-order valence-corrected chi connectivity index (χ2v) is 5.94. The first kappa shape index (κ1) is 19.9. The summed E-state index contributed by atoms with van der Waals surface area (Å²) in [5, 5.41) is 9.32. The average Bonchev–Trinajstić information content (AvgIpc) is 2.66. The molecule has 28 heavy (non-hydrogen) atoms. The Bertz CT molecular complexity index is 994. The quantitative estimate of drug-likeness (QED) is 0.555. The molecule has 2 nitrogen and oxygen atoms in total. The molecule has 0 aliphatic rings. The summed E-state index contributed by atoms with van der Waals surface area (Å²) in [6.07, 6.45) is -9.43. The van der Waals surface area contributed by atoms with Gasteiger partial charge in [-0.2, -0.15) is 26.3 Å². The van der Waals surface area contributed by atoms with E-state index in [2.05, 4.69) is 4.98 Å². The molecule has 1 heterocycles. The van der Waals surface area contributed by atoms with Gasteiger partial charge in [0, 0.05) is 11.1 Å². The first-order valence-electron chi connectivity index (χ1n) is 8.07. The molecular weight excluding hydrogens is 384 g/mol. The number of pyridine rings is 1. The van der Waals surface area contributed by atoms with E-state index in [0.717, 1.165) is 18.2 Å². The third kappa shape index (κ3) is 3.87. The van der Waals surface area contributed by atoms with E-state index in [1.54, 1.807) is 0 Å². The minimum atomic E-state index is -4.73. The van der Waals surface area contributed by atoms with Crippen LogP contribution in [0.1, 0.15) is 16.8 Å². The topological polar surface area (TPSA) is 33.1 Å². The molecule has 0 atom stereocenters. The van der Waals surface area contributed by atoms with Gasteiger partial charge >= 0.3 is 12.4 Å². The molecule has 146 valence electrons. The molecule has 3 rings (SSSR count). The first-order chi connectivity index (χ1) is 13.1. The predicted molar refractivity (Wildman–Crippen MR) is 91.0 cm³/mol. The lowest BCUT2D eigenvalue weighted by Gasteiger charge is -2.18. The second-order valence-electron chi connectivity index (χ2n) is 5.94. The van der Waals surface area contributed by atoms with Gasteiger partial charge < -0.3 is 5.11 Å². The van der Waals surface area contributed by atoms with Crippen molar-refractivity contribution in [3.63, 3.8) is 0 Å². The molecule has 8 heteroatoms. The summed E-state index contributed by atoms with van der Waals surface area (Å²) < 4.78 is 80.7. The Kier molecular flexibility index (Phi) is 5.16. The summed E-state index contributed by atoms with van der Waals surface area (Å²) in [6, 6.07) is 11.6. The van der Waals surface area contributed by atoms with Gasteiger partial charge in [-0.05, 0) is 23.8 Å². The largest absolute Gasteiger partial charge is 0.417 e. The number of halogens is 6. The molecule has 3 aromatic rings. The first-order valence-corrected chi connectivity index (χ1v) is 8.07. The van der Waals surface area contributed by atoms with Crippen LogP contribution in [-0.4, -0.2) is 10.1 Å². The Balaban J connectivity index is 2.35. The van der Waals surface area contributed by atoms with Crippen molar-refractivity contribution in [2.75, 3.05) is 0 Å². The maximum absolute atomic E-state index is 13.5. The Hall–Kier alpha value is -2.87. The molecule has 0 spiro atoms. The second kappa shape index (κ2) is 7.27. The summed E-state index contributed by atoms with van der Waals surface area (Å²) in [5.41, 5.74) is -3.02. The van der Waals surface area contributed by atoms with Crippen LogP contribution in [0.3, 0.4) is 0 Å². The fourth-order valence-electron chi connectivity index (χ4n) is 2.91. The zero-order chi connectivity index (χ0) is 20.5. The molecule has 2 aromatic carbocycles. The Morgan fingerprint density at radius 1 is 0.643 bits per heavy atom. The van der Waals surface area contributed by atoms with Gasteiger partial charge in [-0.3, -0.25) is 0 Å². The SMILES string of the molecule is OCc1ccc(-c2ccccc2C(F)(F)F)c(-c2ccccc2C(F)(F)F)n1. The molecular formula is C20H13F6NO. The molecule has 0 unspecified atom stereocenters. The van der Waals surface area contributed by atoms with Crippen molar-refractivity contribution in [3.05, 3.63) is 77.5 Å². The lowest BCUT2D eigenvalue weighted by atomic mass is 9.92. The van der Waals surface area contributed by atoms with E-state index in [0.29, 0.717) is 0 Å². The van der Waals surface area contributed by atoms with Gasteiger partial charge in [-0.25, -0.2) is 4.98 Å². The highest BCUT2D eigenvalue weighted by atomic mass is 19.4. The van der Waals surface area contributed by atoms with Crippen LogP contribution in [0.25, 0.3) is 22.4 Å². The normalized spacial score (nSPS) is 12.2. The van der Waals surface area contributed by atoms with E-state index < -0.39 is 30.1 Å². The highest BCUT2D eigenvalue weighted by Gasteiger charge is 2.36. The number of rotatable bonds is 3. The number of aromatic nitrogens is 1. The third-order valence-electron chi connectivity index (χ3n) is 4.13. The van der Waals surface area contributed by atoms with Crippen LogP contribution in [0.4, 0.5) is 26.3 Å². The van der Waals surface area contributed by atoms with Crippen LogP contribution < -0.4 is 0 Å². The number of hydrogen-bond donors (Lipinski definition) is 1. The molecule has 1 aromatic heterocycles. The van der Waals surface area contributed by atoms with Crippen molar-refractivity contribution in [1.29, 1.82) is 0 Å². The van der Waals surface area contributed by atoms with Crippen LogP contribution in [0.15, 0.2) is 60.7 Å². The zero-order valence-corrected chi connectivity index (χ0v) is 14.1. The monoisotopic (exact) mass is 397 g/mol. The van der Waals surface area contributed by atoms with Crippen LogP contribution in [0.5, 0.6) is 0 Å². The summed E-state index contributed by atoms with van der Waals surface area (Å²) in [6.45, 7) is -0.567. The van der Waals surface area contributed by atoms with Crippen molar-refractivity contribution in [1.82, 2.24) is 4.98 Å². The van der Waals surface area contributed by atoms with Gasteiger partial charge in [-0.1, -0.05) is 42.5 Å². The van der Waals surface area contributed by atoms with Crippen molar-refractivity contribution in [2.24, 2.45) is 0 Å². The molecule has 0 aliphatic heterocycles. The zero-order valence-electron chi connectivity index (χ0n) is 14.1. The van der Waals surface area contributed by atoms with Gasteiger partial charge in [0.2, 0.25) is 0 Å². The lowest BCUT2D eigenvalue weighted by molar-refractivity contribution is -0.138. The van der Waals surface area contributed by atoms with Crippen LogP contribution in [0.2, 0.25) is 0 Å². The van der Waals surface area contributed by atoms with E-state index >= 15 is 0 Å². The molecule has 1 N–H and O–H groups in total. The van der Waals surface area contributed by atoms with Crippen LogP contribution >= 0.6 is 0 Å². The molecule has 0 bridgehead atoms. The lowest BCUT2D eigenvalue weighted by Crippen LogP contribution is -2.10. The molecule has 0 aliphatic carbocycles. The molecule has 0 saturated carbocycles. The van der Waals surface area contributed by atoms with E-state index in [1.165, 1.54) is 42.5 Å². The Labute approximate surface area is 156 Å². The molecule has 0 fully saturated rings. The van der Waals surface area contributed by atoms with E-state index in [-0.39, 0.29) is 28.1 Å². The van der Waals surface area contributed by atoms with Crippen molar-refractivity contribution < 1.29 is 31.4 Å². The third-order valence-corrected chi connectivity index (χ3v) is 4.13. The molecule has 0 saturated heterocycles. The van der Waals surface area contributed by atoms with Gasteiger partial charge in [0.25, 0.3) is 0 Å². The van der Waals surface area contributed by atoms with E-state index in [9.17, 15) is 31.4 Å². The summed E-state index contributed by atoms with van der Waals surface area (Å²) in [4.78, 5) is 4.02. The van der Waals surface area contributed by atoms with Crippen molar-refractivity contribution in [3.8, 4) is 22.4 Å². The number of alkyl halides is 6.